The molecule has 124 valence electrons. The molecule has 2 aliphatic rings. The molecule has 0 aromatic heterocycles. The fraction of sp³-hybridized carbons (Fsp3) is 0.526. The summed E-state index contributed by atoms with van der Waals surface area (Å²) in [6.45, 7) is 4.92. The van der Waals surface area contributed by atoms with Crippen molar-refractivity contribution in [2.45, 2.75) is 57.3 Å². The monoisotopic (exact) mass is 314 g/mol. The third kappa shape index (κ3) is 2.81. The number of aryl methyl sites for hydroxylation is 1. The van der Waals surface area contributed by atoms with Crippen LogP contribution < -0.4 is 5.32 Å². The van der Waals surface area contributed by atoms with E-state index < -0.39 is 6.23 Å². The molecule has 0 saturated carbocycles. The minimum Gasteiger partial charge on any atom is -0.374 e. The summed E-state index contributed by atoms with van der Waals surface area (Å²) < 4.78 is 0. The first-order valence-electron chi connectivity index (χ1n) is 8.56. The van der Waals surface area contributed by atoms with Crippen LogP contribution >= 0.6 is 0 Å². The molecule has 1 aromatic carbocycles. The molecule has 0 saturated heterocycles. The Balaban J connectivity index is 2.22. The van der Waals surface area contributed by atoms with Crippen LogP contribution in [0, 0.1) is 6.92 Å². The fourth-order valence-electron chi connectivity index (χ4n) is 4.16. The standard InChI is InChI=1S/C19H26N2O2/c1-3-21-15(13-22)12-18(23)20-17-11-14(2)7-8-16(17)19(21)9-5-4-6-10-19/h5,7-9,11,13,15,18,20,23H,3-4,6,10,12H2,1-2H3. The first-order valence-corrected chi connectivity index (χ1v) is 8.56. The van der Waals surface area contributed by atoms with Gasteiger partial charge in [0.2, 0.25) is 0 Å². The van der Waals surface area contributed by atoms with Crippen LogP contribution in [0.15, 0.2) is 30.4 Å². The molecular weight excluding hydrogens is 288 g/mol. The molecule has 1 aliphatic heterocycles. The summed E-state index contributed by atoms with van der Waals surface area (Å²) in [4.78, 5) is 14.0. The minimum absolute atomic E-state index is 0.269. The molecule has 1 aliphatic carbocycles. The van der Waals surface area contributed by atoms with Crippen LogP contribution in [-0.4, -0.2) is 35.1 Å². The molecule has 0 amide bonds. The lowest BCUT2D eigenvalue weighted by molar-refractivity contribution is -0.116. The van der Waals surface area contributed by atoms with Gasteiger partial charge in [-0.15, -0.1) is 0 Å². The van der Waals surface area contributed by atoms with Crippen LogP contribution in [0.5, 0.6) is 0 Å². The van der Waals surface area contributed by atoms with Gasteiger partial charge in [0, 0.05) is 12.1 Å². The minimum atomic E-state index is -0.718. The third-order valence-corrected chi connectivity index (χ3v) is 5.16. The number of aliphatic hydroxyl groups is 1. The molecule has 2 N–H and O–H groups in total. The quantitative estimate of drug-likeness (QED) is 0.651. The summed E-state index contributed by atoms with van der Waals surface area (Å²) in [6, 6.07) is 6.07. The highest BCUT2D eigenvalue weighted by atomic mass is 16.3. The highest BCUT2D eigenvalue weighted by Crippen LogP contribution is 2.44. The van der Waals surface area contributed by atoms with Crippen molar-refractivity contribution in [3.05, 3.63) is 41.5 Å². The molecule has 3 atom stereocenters. The average molecular weight is 314 g/mol. The van der Waals surface area contributed by atoms with Gasteiger partial charge in [-0.1, -0.05) is 31.2 Å². The zero-order valence-corrected chi connectivity index (χ0v) is 14.0. The van der Waals surface area contributed by atoms with Crippen molar-refractivity contribution in [1.82, 2.24) is 4.90 Å². The Labute approximate surface area is 138 Å². The van der Waals surface area contributed by atoms with Crippen LogP contribution in [0.2, 0.25) is 0 Å². The maximum atomic E-state index is 11.7. The van der Waals surface area contributed by atoms with Crippen molar-refractivity contribution in [3.63, 3.8) is 0 Å². The molecule has 4 nitrogen and oxygen atoms in total. The number of allylic oxidation sites excluding steroid dienone is 1. The molecule has 3 unspecified atom stereocenters. The zero-order chi connectivity index (χ0) is 16.4. The van der Waals surface area contributed by atoms with E-state index in [1.54, 1.807) is 0 Å². The number of fused-ring (bicyclic) bond motifs is 2. The Morgan fingerprint density at radius 2 is 2.30 bits per heavy atom. The summed E-state index contributed by atoms with van der Waals surface area (Å²) in [7, 11) is 0. The van der Waals surface area contributed by atoms with Crippen molar-refractivity contribution in [2.24, 2.45) is 0 Å². The van der Waals surface area contributed by atoms with Crippen LogP contribution in [0.3, 0.4) is 0 Å². The molecule has 0 fully saturated rings. The second-order valence-electron chi connectivity index (χ2n) is 6.65. The van der Waals surface area contributed by atoms with Crippen LogP contribution in [0.4, 0.5) is 5.69 Å². The predicted molar refractivity (Wildman–Crippen MR) is 92.3 cm³/mol. The summed E-state index contributed by atoms with van der Waals surface area (Å²) in [5, 5.41) is 13.6. The second kappa shape index (κ2) is 6.46. The summed E-state index contributed by atoms with van der Waals surface area (Å²) >= 11 is 0. The van der Waals surface area contributed by atoms with Crippen molar-refractivity contribution in [3.8, 4) is 0 Å². The number of likely N-dealkylation sites (N-methyl/N-ethyl adjacent to an activating group) is 1. The van der Waals surface area contributed by atoms with Crippen molar-refractivity contribution < 1.29 is 9.90 Å². The Hall–Kier alpha value is -1.65. The molecular formula is C19H26N2O2. The Morgan fingerprint density at radius 1 is 1.48 bits per heavy atom. The van der Waals surface area contributed by atoms with Crippen LogP contribution in [0.25, 0.3) is 0 Å². The van der Waals surface area contributed by atoms with Gasteiger partial charge in [-0.05, 0) is 49.9 Å². The molecule has 0 bridgehead atoms. The first kappa shape index (κ1) is 16.2. The number of carbonyl (C=O) groups excluding carboxylic acids is 1. The van der Waals surface area contributed by atoms with Gasteiger partial charge in [0.25, 0.3) is 0 Å². The van der Waals surface area contributed by atoms with E-state index in [1.807, 2.05) is 0 Å². The van der Waals surface area contributed by atoms with Gasteiger partial charge in [0.1, 0.15) is 12.5 Å². The largest absolute Gasteiger partial charge is 0.374 e. The van der Waals surface area contributed by atoms with Gasteiger partial charge < -0.3 is 15.2 Å². The maximum absolute atomic E-state index is 11.7. The lowest BCUT2D eigenvalue weighted by Crippen LogP contribution is -2.54. The average Bonchev–Trinajstić information content (AvgIpc) is 2.54. The third-order valence-electron chi connectivity index (χ3n) is 5.16. The SMILES string of the molecule is CCN1C(C=O)CC(O)Nc2cc(C)ccc2C12C=CCCC2. The van der Waals surface area contributed by atoms with Crippen LogP contribution in [0.1, 0.15) is 43.7 Å². The van der Waals surface area contributed by atoms with E-state index in [2.05, 4.69) is 54.4 Å². The van der Waals surface area contributed by atoms with Crippen LogP contribution in [-0.2, 0) is 10.3 Å². The number of anilines is 1. The molecule has 1 spiro atoms. The van der Waals surface area contributed by atoms with E-state index in [1.165, 1.54) is 0 Å². The van der Waals surface area contributed by atoms with E-state index in [-0.39, 0.29) is 11.6 Å². The number of nitrogens with one attached hydrogen (secondary N) is 1. The van der Waals surface area contributed by atoms with Gasteiger partial charge in [-0.25, -0.2) is 0 Å². The molecule has 0 radical (unpaired) electrons. The number of benzene rings is 1. The number of aldehydes is 1. The van der Waals surface area contributed by atoms with Gasteiger partial charge >= 0.3 is 0 Å². The van der Waals surface area contributed by atoms with E-state index in [9.17, 15) is 9.90 Å². The van der Waals surface area contributed by atoms with E-state index in [0.717, 1.165) is 48.9 Å². The number of hydrogen-bond acceptors (Lipinski definition) is 4. The van der Waals surface area contributed by atoms with Gasteiger partial charge in [-0.3, -0.25) is 4.90 Å². The molecule has 1 heterocycles. The number of aliphatic hydroxyl groups excluding tert-OH is 1. The number of carbonyl (C=O) groups is 1. The van der Waals surface area contributed by atoms with Gasteiger partial charge in [0.05, 0.1) is 11.6 Å². The van der Waals surface area contributed by atoms with E-state index in [4.69, 9.17) is 0 Å². The number of rotatable bonds is 2. The highest BCUT2D eigenvalue weighted by molar-refractivity contribution is 5.63. The summed E-state index contributed by atoms with van der Waals surface area (Å²) in [6.07, 6.45) is 8.36. The molecule has 4 heteroatoms. The Morgan fingerprint density at radius 3 is 2.96 bits per heavy atom. The first-order chi connectivity index (χ1) is 11.1. The summed E-state index contributed by atoms with van der Waals surface area (Å²) in [5.74, 6) is 0. The topological polar surface area (TPSA) is 52.6 Å². The van der Waals surface area contributed by atoms with E-state index in [0.29, 0.717) is 6.42 Å². The fourth-order valence-corrected chi connectivity index (χ4v) is 4.16. The Bertz CT molecular complexity index is 613. The molecule has 1 aromatic rings. The lowest BCUT2D eigenvalue weighted by atomic mass is 9.77. The maximum Gasteiger partial charge on any atom is 0.137 e. The lowest BCUT2D eigenvalue weighted by Gasteiger charge is -2.49. The summed E-state index contributed by atoms with van der Waals surface area (Å²) in [5.41, 5.74) is 3.03. The smallest absolute Gasteiger partial charge is 0.137 e. The van der Waals surface area contributed by atoms with Crippen molar-refractivity contribution >= 4 is 12.0 Å². The van der Waals surface area contributed by atoms with E-state index >= 15 is 0 Å². The predicted octanol–water partition coefficient (Wildman–Crippen LogP) is 2.95. The Kier molecular flexibility index (Phi) is 4.55. The number of hydrogen-bond donors (Lipinski definition) is 2. The zero-order valence-electron chi connectivity index (χ0n) is 14.0. The highest BCUT2D eigenvalue weighted by Gasteiger charge is 2.43. The second-order valence-corrected chi connectivity index (χ2v) is 6.65. The van der Waals surface area contributed by atoms with Gasteiger partial charge in [0.15, 0.2) is 0 Å². The normalized spacial score (nSPS) is 31.1. The van der Waals surface area contributed by atoms with Crippen molar-refractivity contribution in [1.29, 1.82) is 0 Å². The number of nitrogens with zero attached hydrogens (tertiary/aromatic N) is 1. The van der Waals surface area contributed by atoms with Crippen molar-refractivity contribution in [2.75, 3.05) is 11.9 Å². The molecule has 23 heavy (non-hydrogen) atoms. The molecule has 3 rings (SSSR count). The van der Waals surface area contributed by atoms with Gasteiger partial charge in [-0.2, -0.15) is 0 Å².